The maximum Gasteiger partial charge on any atom is 0.199 e. The van der Waals surface area contributed by atoms with Crippen molar-refractivity contribution in [3.8, 4) is 5.75 Å². The fraction of sp³-hybridized carbons (Fsp3) is 0.0714. The van der Waals surface area contributed by atoms with Crippen molar-refractivity contribution < 1.29 is 14.6 Å². The van der Waals surface area contributed by atoms with Crippen molar-refractivity contribution in [1.82, 2.24) is 0 Å². The third kappa shape index (κ3) is 1.40. The van der Waals surface area contributed by atoms with Crippen LogP contribution in [0.25, 0.3) is 10.8 Å². The van der Waals surface area contributed by atoms with E-state index in [0.29, 0.717) is 11.3 Å². The molecule has 3 nitrogen and oxygen atoms in total. The average Bonchev–Trinajstić information content (AvgIpc) is 2.39. The van der Waals surface area contributed by atoms with E-state index in [1.165, 1.54) is 0 Å². The summed E-state index contributed by atoms with van der Waals surface area (Å²) in [5.74, 6) is 0.443. The summed E-state index contributed by atoms with van der Waals surface area (Å²) in [6.45, 7) is 0.121. The minimum Gasteiger partial charge on any atom is -0.515 e. The summed E-state index contributed by atoms with van der Waals surface area (Å²) in [5.41, 5.74) is 0.794. The first kappa shape index (κ1) is 9.90. The van der Waals surface area contributed by atoms with Gasteiger partial charge in [0.1, 0.15) is 12.4 Å². The smallest absolute Gasteiger partial charge is 0.199 e. The van der Waals surface area contributed by atoms with Crippen LogP contribution in [0.15, 0.2) is 48.2 Å². The molecular formula is C14H10O3. The number of rotatable bonds is 0. The molecule has 0 saturated carbocycles. The van der Waals surface area contributed by atoms with Crippen LogP contribution in [0.1, 0.15) is 10.4 Å². The molecule has 0 atom stereocenters. The lowest BCUT2D eigenvalue weighted by molar-refractivity contribution is 0.0996. The first-order valence-corrected chi connectivity index (χ1v) is 5.34. The molecule has 0 spiro atoms. The third-order valence-electron chi connectivity index (χ3n) is 2.94. The van der Waals surface area contributed by atoms with Gasteiger partial charge in [-0.1, -0.05) is 30.3 Å². The van der Waals surface area contributed by atoms with Gasteiger partial charge in [-0.05, 0) is 11.5 Å². The highest BCUT2D eigenvalue weighted by Crippen LogP contribution is 2.34. The Labute approximate surface area is 97.9 Å². The Balaban J connectivity index is 2.30. The van der Waals surface area contributed by atoms with Crippen molar-refractivity contribution in [2.75, 3.05) is 6.61 Å². The normalized spacial score (nSPS) is 16.9. The number of Topliss-reactive ketones (excluding diaryl/α,β-unsaturated/α-hetero) is 1. The van der Waals surface area contributed by atoms with Gasteiger partial charge in [0.25, 0.3) is 0 Å². The van der Waals surface area contributed by atoms with Gasteiger partial charge in [-0.3, -0.25) is 4.79 Å². The van der Waals surface area contributed by atoms with E-state index in [9.17, 15) is 4.79 Å². The lowest BCUT2D eigenvalue weighted by atomic mass is 9.97. The summed E-state index contributed by atoms with van der Waals surface area (Å²) >= 11 is 0. The number of carbonyl (C=O) groups is 1. The number of aliphatic hydroxyl groups is 1. The minimum absolute atomic E-state index is 0.121. The number of hydrogen-bond donors (Lipinski definition) is 1. The summed E-state index contributed by atoms with van der Waals surface area (Å²) in [5, 5.41) is 10.9. The van der Waals surface area contributed by atoms with Crippen molar-refractivity contribution in [1.29, 1.82) is 0 Å². The predicted octanol–water partition coefficient (Wildman–Crippen LogP) is 2.86. The fourth-order valence-corrected chi connectivity index (χ4v) is 2.06. The Bertz CT molecular complexity index is 641. The molecule has 0 saturated heterocycles. The van der Waals surface area contributed by atoms with Crippen LogP contribution in [0.2, 0.25) is 0 Å². The van der Waals surface area contributed by atoms with Crippen LogP contribution in [0.3, 0.4) is 0 Å². The maximum absolute atomic E-state index is 12.0. The highest BCUT2D eigenvalue weighted by molar-refractivity contribution is 6.14. The van der Waals surface area contributed by atoms with Crippen LogP contribution >= 0.6 is 0 Å². The van der Waals surface area contributed by atoms with Crippen LogP contribution in [0, 0.1) is 0 Å². The molecule has 0 aliphatic carbocycles. The molecule has 84 valence electrons. The highest BCUT2D eigenvalue weighted by atomic mass is 16.5. The van der Waals surface area contributed by atoms with Gasteiger partial charge in [0.05, 0.1) is 17.4 Å². The monoisotopic (exact) mass is 226 g/mol. The van der Waals surface area contributed by atoms with Crippen LogP contribution < -0.4 is 4.74 Å². The van der Waals surface area contributed by atoms with Crippen LogP contribution in [0.5, 0.6) is 5.75 Å². The van der Waals surface area contributed by atoms with Gasteiger partial charge in [0.2, 0.25) is 0 Å². The standard InChI is InChI=1S/C14H10O3/c15-7-10-8-17-14-11-4-2-1-3-9(11)5-6-12(14)13(10)16/h1-7,15H,8H2. The fourth-order valence-electron chi connectivity index (χ4n) is 2.06. The summed E-state index contributed by atoms with van der Waals surface area (Å²) in [7, 11) is 0. The second kappa shape index (κ2) is 3.63. The predicted molar refractivity (Wildman–Crippen MR) is 64.5 cm³/mol. The van der Waals surface area contributed by atoms with Crippen LogP contribution in [-0.2, 0) is 0 Å². The van der Waals surface area contributed by atoms with Crippen molar-refractivity contribution in [3.05, 3.63) is 53.8 Å². The molecule has 17 heavy (non-hydrogen) atoms. The Kier molecular flexibility index (Phi) is 2.11. The molecule has 0 aromatic heterocycles. The minimum atomic E-state index is -0.167. The van der Waals surface area contributed by atoms with Crippen LogP contribution in [0.4, 0.5) is 0 Å². The van der Waals surface area contributed by atoms with Gasteiger partial charge < -0.3 is 9.84 Å². The Morgan fingerprint density at radius 3 is 2.82 bits per heavy atom. The largest absolute Gasteiger partial charge is 0.515 e. The second-order valence-corrected chi connectivity index (χ2v) is 3.94. The molecule has 0 bridgehead atoms. The maximum atomic E-state index is 12.0. The van der Waals surface area contributed by atoms with E-state index in [-0.39, 0.29) is 18.0 Å². The molecule has 0 unspecified atom stereocenters. The Morgan fingerprint density at radius 1 is 1.18 bits per heavy atom. The molecule has 2 aromatic rings. The van der Waals surface area contributed by atoms with Crippen LogP contribution in [-0.4, -0.2) is 17.5 Å². The number of aliphatic hydroxyl groups excluding tert-OH is 1. The summed E-state index contributed by atoms with van der Waals surface area (Å²) < 4.78 is 5.56. The number of carbonyl (C=O) groups excluding carboxylic acids is 1. The highest BCUT2D eigenvalue weighted by Gasteiger charge is 2.24. The Morgan fingerprint density at radius 2 is 2.00 bits per heavy atom. The quantitative estimate of drug-likeness (QED) is 0.555. The van der Waals surface area contributed by atoms with Crippen molar-refractivity contribution in [2.45, 2.75) is 0 Å². The molecule has 3 rings (SSSR count). The van der Waals surface area contributed by atoms with Gasteiger partial charge in [0.15, 0.2) is 5.78 Å². The third-order valence-corrected chi connectivity index (χ3v) is 2.94. The number of benzene rings is 2. The summed E-state index contributed by atoms with van der Waals surface area (Å²) in [4.78, 5) is 12.0. The first-order chi connectivity index (χ1) is 8.31. The van der Waals surface area contributed by atoms with E-state index < -0.39 is 0 Å². The average molecular weight is 226 g/mol. The van der Waals surface area contributed by atoms with E-state index >= 15 is 0 Å². The van der Waals surface area contributed by atoms with Crippen molar-refractivity contribution >= 4 is 16.6 Å². The lowest BCUT2D eigenvalue weighted by Crippen LogP contribution is -2.19. The zero-order valence-electron chi connectivity index (χ0n) is 9.01. The molecule has 1 aliphatic heterocycles. The zero-order valence-corrected chi connectivity index (χ0v) is 9.01. The molecule has 3 heteroatoms. The van der Waals surface area contributed by atoms with Gasteiger partial charge in [-0.15, -0.1) is 0 Å². The molecule has 1 heterocycles. The second-order valence-electron chi connectivity index (χ2n) is 3.94. The SMILES string of the molecule is O=C1C(=CO)COc2c1ccc1ccccc21. The number of hydrogen-bond acceptors (Lipinski definition) is 3. The summed E-state index contributed by atoms with van der Waals surface area (Å²) in [6.07, 6.45) is 0.820. The number of ether oxygens (including phenoxy) is 1. The molecule has 1 N–H and O–H groups in total. The van der Waals surface area contributed by atoms with E-state index in [1.807, 2.05) is 30.3 Å². The Hall–Kier alpha value is -2.29. The summed E-state index contributed by atoms with van der Waals surface area (Å²) in [6, 6.07) is 11.4. The van der Waals surface area contributed by atoms with Gasteiger partial charge in [-0.25, -0.2) is 0 Å². The molecule has 0 radical (unpaired) electrons. The molecular weight excluding hydrogens is 216 g/mol. The van der Waals surface area contributed by atoms with E-state index in [1.54, 1.807) is 6.07 Å². The molecule has 0 fully saturated rings. The first-order valence-electron chi connectivity index (χ1n) is 5.34. The van der Waals surface area contributed by atoms with Gasteiger partial charge >= 0.3 is 0 Å². The van der Waals surface area contributed by atoms with Crippen molar-refractivity contribution in [2.24, 2.45) is 0 Å². The molecule has 0 amide bonds. The zero-order chi connectivity index (χ0) is 11.8. The van der Waals surface area contributed by atoms with E-state index in [4.69, 9.17) is 9.84 Å². The van der Waals surface area contributed by atoms with Crippen molar-refractivity contribution in [3.63, 3.8) is 0 Å². The lowest BCUT2D eigenvalue weighted by Gasteiger charge is -2.19. The topological polar surface area (TPSA) is 46.5 Å². The van der Waals surface area contributed by atoms with E-state index in [0.717, 1.165) is 17.0 Å². The van der Waals surface area contributed by atoms with Gasteiger partial charge in [-0.2, -0.15) is 0 Å². The molecule has 1 aliphatic rings. The van der Waals surface area contributed by atoms with Gasteiger partial charge in [0, 0.05) is 5.39 Å². The number of fused-ring (bicyclic) bond motifs is 3. The van der Waals surface area contributed by atoms with E-state index in [2.05, 4.69) is 0 Å². The molecule has 2 aromatic carbocycles. The number of ketones is 1.